The molecule has 0 aromatic heterocycles. The lowest BCUT2D eigenvalue weighted by Gasteiger charge is -2.21. The van der Waals surface area contributed by atoms with Crippen LogP contribution >= 0.6 is 0 Å². The number of nitrogen functional groups attached to an aromatic ring is 1. The van der Waals surface area contributed by atoms with Gasteiger partial charge in [-0.1, -0.05) is 6.07 Å². The molecule has 6 nitrogen and oxygen atoms in total. The third-order valence-corrected chi connectivity index (χ3v) is 5.16. The summed E-state index contributed by atoms with van der Waals surface area (Å²) in [4.78, 5) is -0.101. The van der Waals surface area contributed by atoms with Crippen LogP contribution < -0.4 is 5.73 Å². The van der Waals surface area contributed by atoms with E-state index in [4.69, 9.17) is 10.3 Å². The maximum absolute atomic E-state index is 11.7. The van der Waals surface area contributed by atoms with E-state index >= 15 is 0 Å². The van der Waals surface area contributed by atoms with Crippen LogP contribution in [0.2, 0.25) is 0 Å². The Kier molecular flexibility index (Phi) is 3.20. The smallest absolute Gasteiger partial charge is 0.271 e. The highest BCUT2D eigenvalue weighted by Crippen LogP contribution is 2.33. The first-order valence-electron chi connectivity index (χ1n) is 5.36. The molecule has 1 aliphatic rings. The van der Waals surface area contributed by atoms with E-state index in [0.717, 1.165) is 12.3 Å². The van der Waals surface area contributed by atoms with Gasteiger partial charge in [-0.15, -0.1) is 0 Å². The summed E-state index contributed by atoms with van der Waals surface area (Å²) in [5.74, 6) is 0. The maximum Gasteiger partial charge on any atom is 0.271 e. The van der Waals surface area contributed by atoms with E-state index in [0.29, 0.717) is 16.8 Å². The Morgan fingerprint density at radius 3 is 2.42 bits per heavy atom. The van der Waals surface area contributed by atoms with Gasteiger partial charge >= 0.3 is 0 Å². The van der Waals surface area contributed by atoms with Crippen LogP contribution in [0.5, 0.6) is 0 Å². The van der Waals surface area contributed by atoms with Crippen LogP contribution in [-0.4, -0.2) is 32.9 Å². The van der Waals surface area contributed by atoms with Gasteiger partial charge in [0.15, 0.2) is 9.84 Å². The van der Waals surface area contributed by atoms with Gasteiger partial charge in [0, 0.05) is 11.9 Å². The molecule has 1 atom stereocenters. The largest absolute Gasteiger partial charge is 0.399 e. The molecule has 8 heteroatoms. The Labute approximate surface area is 111 Å². The van der Waals surface area contributed by atoms with Gasteiger partial charge in [-0.3, -0.25) is 4.55 Å². The highest BCUT2D eigenvalue weighted by Gasteiger charge is 2.31. The van der Waals surface area contributed by atoms with Crippen molar-refractivity contribution in [3.05, 3.63) is 35.4 Å². The van der Waals surface area contributed by atoms with Gasteiger partial charge in [-0.05, 0) is 35.8 Å². The van der Waals surface area contributed by atoms with Crippen molar-refractivity contribution in [3.63, 3.8) is 0 Å². The molecule has 2 rings (SSSR count). The van der Waals surface area contributed by atoms with Crippen molar-refractivity contribution in [1.29, 1.82) is 0 Å². The van der Waals surface area contributed by atoms with Crippen molar-refractivity contribution in [1.82, 2.24) is 0 Å². The molecule has 104 valence electrons. The van der Waals surface area contributed by atoms with Crippen molar-refractivity contribution >= 4 is 30.5 Å². The van der Waals surface area contributed by atoms with Crippen LogP contribution in [0.3, 0.4) is 0 Å². The fraction of sp³-hybridized carbons (Fsp3) is 0.273. The summed E-state index contributed by atoms with van der Waals surface area (Å²) in [5, 5.41) is -1.27. The van der Waals surface area contributed by atoms with Crippen molar-refractivity contribution in [2.45, 2.75) is 11.7 Å². The predicted molar refractivity (Wildman–Crippen MR) is 72.7 cm³/mol. The first kappa shape index (κ1) is 14.0. The molecule has 1 unspecified atom stereocenters. The number of sulfone groups is 1. The van der Waals surface area contributed by atoms with Crippen LogP contribution in [0.4, 0.5) is 5.69 Å². The molecule has 1 aromatic carbocycles. The van der Waals surface area contributed by atoms with Crippen LogP contribution in [0.15, 0.2) is 24.3 Å². The average molecular weight is 303 g/mol. The minimum atomic E-state index is -4.36. The van der Waals surface area contributed by atoms with Crippen molar-refractivity contribution in [2.75, 3.05) is 12.0 Å². The number of hydrogen-bond donors (Lipinski definition) is 2. The minimum absolute atomic E-state index is 0.00176. The third kappa shape index (κ3) is 2.80. The summed E-state index contributed by atoms with van der Waals surface area (Å²) in [7, 11) is -7.96. The van der Waals surface area contributed by atoms with E-state index < -0.39 is 25.2 Å². The molecule has 0 amide bonds. The second-order valence-electron chi connectivity index (χ2n) is 4.48. The average Bonchev–Trinajstić information content (AvgIpc) is 2.24. The molecule has 0 saturated carbocycles. The second kappa shape index (κ2) is 4.32. The van der Waals surface area contributed by atoms with E-state index in [1.54, 1.807) is 6.07 Å². The maximum atomic E-state index is 11.7. The van der Waals surface area contributed by atoms with Gasteiger partial charge in [0.25, 0.3) is 10.1 Å². The van der Waals surface area contributed by atoms with Crippen LogP contribution in [-0.2, 0) is 26.4 Å². The lowest BCUT2D eigenvalue weighted by atomic mass is 9.96. The number of anilines is 1. The number of rotatable bonds is 2. The lowest BCUT2D eigenvalue weighted by molar-refractivity contribution is 0.474. The zero-order valence-corrected chi connectivity index (χ0v) is 11.7. The third-order valence-electron chi connectivity index (χ3n) is 2.94. The fourth-order valence-corrected chi connectivity index (χ4v) is 3.87. The van der Waals surface area contributed by atoms with Crippen LogP contribution in [0, 0.1) is 0 Å². The highest BCUT2D eigenvalue weighted by atomic mass is 32.2. The molecule has 1 aliphatic carbocycles. The van der Waals surface area contributed by atoms with E-state index in [2.05, 4.69) is 0 Å². The highest BCUT2D eigenvalue weighted by molar-refractivity contribution is 8.00. The second-order valence-corrected chi connectivity index (χ2v) is 8.10. The fourth-order valence-electron chi connectivity index (χ4n) is 2.07. The molecule has 0 heterocycles. The molecule has 1 aromatic rings. The van der Waals surface area contributed by atoms with Gasteiger partial charge in [-0.25, -0.2) is 8.42 Å². The number of benzene rings is 1. The molecule has 0 spiro atoms. The Balaban J connectivity index is 2.71. The molecule has 0 aliphatic heterocycles. The quantitative estimate of drug-likeness (QED) is 0.606. The summed E-state index contributed by atoms with van der Waals surface area (Å²) in [6.45, 7) is 0. The zero-order valence-electron chi connectivity index (χ0n) is 10.1. The number of hydrogen-bond acceptors (Lipinski definition) is 5. The summed E-state index contributed by atoms with van der Waals surface area (Å²) in [5.41, 5.74) is 6.93. The Bertz CT molecular complexity index is 762. The van der Waals surface area contributed by atoms with Crippen molar-refractivity contribution in [3.8, 4) is 0 Å². The van der Waals surface area contributed by atoms with Crippen LogP contribution in [0.25, 0.3) is 4.91 Å². The standard InChI is InChI=1S/C11H13NO5S2/c1-18(13,14)11-6-9(19(15,16)17)5-7-4-8(12)2-3-10(7)11/h2-4,6,9H,5,12H2,1H3,(H,15,16,17). The minimum Gasteiger partial charge on any atom is -0.399 e. The number of nitrogens with two attached hydrogens (primary N) is 1. The molecular weight excluding hydrogens is 290 g/mol. The van der Waals surface area contributed by atoms with E-state index in [9.17, 15) is 16.8 Å². The first-order chi connectivity index (χ1) is 8.59. The predicted octanol–water partition coefficient (Wildman–Crippen LogP) is 0.467. The summed E-state index contributed by atoms with van der Waals surface area (Å²) in [6, 6.07) is 4.61. The molecular formula is C11H13NO5S2. The molecule has 0 radical (unpaired) electrons. The summed E-state index contributed by atoms with van der Waals surface area (Å²) >= 11 is 0. The Morgan fingerprint density at radius 2 is 1.89 bits per heavy atom. The summed E-state index contributed by atoms with van der Waals surface area (Å²) < 4.78 is 55.1. The monoisotopic (exact) mass is 303 g/mol. The van der Waals surface area contributed by atoms with Gasteiger partial charge < -0.3 is 5.73 Å². The topological polar surface area (TPSA) is 115 Å². The zero-order chi connectivity index (χ0) is 14.4. The van der Waals surface area contributed by atoms with Gasteiger partial charge in [0.2, 0.25) is 0 Å². The SMILES string of the molecule is CS(=O)(=O)C1=CC(S(=O)(=O)O)Cc2cc(N)ccc21. The molecule has 0 saturated heterocycles. The van der Waals surface area contributed by atoms with E-state index in [1.165, 1.54) is 12.1 Å². The van der Waals surface area contributed by atoms with Gasteiger partial charge in [0.1, 0.15) is 5.25 Å². The molecule has 3 N–H and O–H groups in total. The molecule has 0 fully saturated rings. The van der Waals surface area contributed by atoms with Crippen molar-refractivity contribution in [2.24, 2.45) is 0 Å². The lowest BCUT2D eigenvalue weighted by Crippen LogP contribution is -2.26. The van der Waals surface area contributed by atoms with Gasteiger partial charge in [0.05, 0.1) is 4.91 Å². The van der Waals surface area contributed by atoms with Crippen molar-refractivity contribution < 1.29 is 21.4 Å². The first-order valence-corrected chi connectivity index (χ1v) is 8.75. The van der Waals surface area contributed by atoms with E-state index in [1.807, 2.05) is 0 Å². The van der Waals surface area contributed by atoms with Crippen LogP contribution in [0.1, 0.15) is 11.1 Å². The van der Waals surface area contributed by atoms with Gasteiger partial charge in [-0.2, -0.15) is 8.42 Å². The normalized spacial score (nSPS) is 19.7. The summed E-state index contributed by atoms with van der Waals surface area (Å²) in [6.07, 6.45) is 2.06. The number of fused-ring (bicyclic) bond motifs is 1. The van der Waals surface area contributed by atoms with E-state index in [-0.39, 0.29) is 11.3 Å². The Morgan fingerprint density at radius 1 is 1.26 bits per heavy atom. The molecule has 19 heavy (non-hydrogen) atoms. The Hall–Kier alpha value is -1.38. The molecule has 0 bridgehead atoms.